The minimum Gasteiger partial charge on any atom is -0.507 e. The van der Waals surface area contributed by atoms with Gasteiger partial charge in [0.1, 0.15) is 5.76 Å². The summed E-state index contributed by atoms with van der Waals surface area (Å²) in [6.45, 7) is 0. The van der Waals surface area contributed by atoms with Crippen LogP contribution < -0.4 is 14.4 Å². The molecule has 0 aromatic heterocycles. The normalized spacial score (nSPS) is 17.2. The maximum atomic E-state index is 13.3. The molecule has 1 N–H and O–H groups in total. The van der Waals surface area contributed by atoms with Crippen molar-refractivity contribution in [1.82, 2.24) is 0 Å². The Kier molecular flexibility index (Phi) is 6.75. The van der Waals surface area contributed by atoms with E-state index in [1.54, 1.807) is 60.7 Å². The topological polar surface area (TPSA) is 76.1 Å². The number of ketones is 1. The SMILES string of the molecule is COc1ccc(N2C(=O)C(=O)C(=C(O)c3ccccc3Cl)C2c2ccc(Cl)c(Cl)c2)cc1OC. The van der Waals surface area contributed by atoms with Gasteiger partial charge in [0.25, 0.3) is 11.7 Å². The summed E-state index contributed by atoms with van der Waals surface area (Å²) >= 11 is 18.6. The summed E-state index contributed by atoms with van der Waals surface area (Å²) in [4.78, 5) is 27.8. The van der Waals surface area contributed by atoms with Crippen LogP contribution in [0.3, 0.4) is 0 Å². The van der Waals surface area contributed by atoms with Gasteiger partial charge in [-0.1, -0.05) is 53.0 Å². The first kappa shape index (κ1) is 24.0. The van der Waals surface area contributed by atoms with Crippen molar-refractivity contribution in [2.75, 3.05) is 19.1 Å². The monoisotopic (exact) mass is 517 g/mol. The Bertz CT molecular complexity index is 1340. The van der Waals surface area contributed by atoms with E-state index < -0.39 is 23.5 Å². The number of methoxy groups -OCH3 is 2. The van der Waals surface area contributed by atoms with Crippen LogP contribution in [0.4, 0.5) is 5.69 Å². The second-order valence-corrected chi connectivity index (χ2v) is 8.58. The molecule has 1 unspecified atom stereocenters. The highest BCUT2D eigenvalue weighted by molar-refractivity contribution is 6.52. The van der Waals surface area contributed by atoms with Crippen LogP contribution in [0.15, 0.2) is 66.2 Å². The number of hydrogen-bond acceptors (Lipinski definition) is 5. The molecule has 1 aliphatic heterocycles. The van der Waals surface area contributed by atoms with E-state index in [0.29, 0.717) is 27.8 Å². The van der Waals surface area contributed by atoms with Gasteiger partial charge in [0, 0.05) is 17.3 Å². The fourth-order valence-electron chi connectivity index (χ4n) is 3.87. The van der Waals surface area contributed by atoms with Crippen molar-refractivity contribution in [3.63, 3.8) is 0 Å². The Morgan fingerprint density at radius 1 is 0.853 bits per heavy atom. The summed E-state index contributed by atoms with van der Waals surface area (Å²) in [5, 5.41) is 11.9. The summed E-state index contributed by atoms with van der Waals surface area (Å²) in [5.74, 6) is -1.30. The molecule has 1 saturated heterocycles. The Morgan fingerprint density at radius 3 is 2.21 bits per heavy atom. The van der Waals surface area contributed by atoms with Crippen LogP contribution in [0, 0.1) is 0 Å². The van der Waals surface area contributed by atoms with Crippen LogP contribution in [0.25, 0.3) is 5.76 Å². The first-order valence-corrected chi connectivity index (χ1v) is 11.1. The highest BCUT2D eigenvalue weighted by Crippen LogP contribution is 2.45. The molecule has 0 aliphatic carbocycles. The molecule has 0 radical (unpaired) electrons. The van der Waals surface area contributed by atoms with E-state index in [1.807, 2.05) is 0 Å². The smallest absolute Gasteiger partial charge is 0.300 e. The van der Waals surface area contributed by atoms with Gasteiger partial charge in [-0.25, -0.2) is 0 Å². The van der Waals surface area contributed by atoms with E-state index in [9.17, 15) is 14.7 Å². The predicted molar refractivity (Wildman–Crippen MR) is 132 cm³/mol. The number of benzene rings is 3. The van der Waals surface area contributed by atoms with Gasteiger partial charge in [0.05, 0.1) is 40.9 Å². The van der Waals surface area contributed by atoms with E-state index in [2.05, 4.69) is 0 Å². The van der Waals surface area contributed by atoms with E-state index in [4.69, 9.17) is 44.3 Å². The summed E-state index contributed by atoms with van der Waals surface area (Å²) in [5.41, 5.74) is 0.914. The van der Waals surface area contributed by atoms with Crippen LogP contribution in [-0.4, -0.2) is 31.0 Å². The van der Waals surface area contributed by atoms with Gasteiger partial charge in [0.2, 0.25) is 0 Å². The van der Waals surface area contributed by atoms with Crippen molar-refractivity contribution < 1.29 is 24.2 Å². The van der Waals surface area contributed by atoms with Crippen LogP contribution in [0.1, 0.15) is 17.2 Å². The van der Waals surface area contributed by atoms with Crippen LogP contribution in [-0.2, 0) is 9.59 Å². The number of halogens is 3. The van der Waals surface area contributed by atoms with E-state index in [1.165, 1.54) is 19.1 Å². The fourth-order valence-corrected chi connectivity index (χ4v) is 4.40. The number of aliphatic hydroxyl groups excluding tert-OH is 1. The number of rotatable bonds is 5. The maximum Gasteiger partial charge on any atom is 0.300 e. The zero-order chi connectivity index (χ0) is 24.6. The molecule has 1 fully saturated rings. The van der Waals surface area contributed by atoms with E-state index >= 15 is 0 Å². The van der Waals surface area contributed by atoms with Gasteiger partial charge in [-0.2, -0.15) is 0 Å². The first-order valence-electron chi connectivity index (χ1n) is 10.0. The quantitative estimate of drug-likeness (QED) is 0.244. The third-order valence-corrected chi connectivity index (χ3v) is 6.55. The molecule has 1 atom stereocenters. The van der Waals surface area contributed by atoms with Gasteiger partial charge in [0.15, 0.2) is 11.5 Å². The molecule has 0 bridgehead atoms. The lowest BCUT2D eigenvalue weighted by Crippen LogP contribution is -2.29. The number of carbonyl (C=O) groups excluding carboxylic acids is 2. The molecule has 3 aromatic rings. The second-order valence-electron chi connectivity index (χ2n) is 7.36. The lowest BCUT2D eigenvalue weighted by Gasteiger charge is -2.26. The number of nitrogens with zero attached hydrogens (tertiary/aromatic N) is 1. The number of anilines is 1. The molecule has 1 heterocycles. The average molecular weight is 519 g/mol. The molecule has 6 nitrogen and oxygen atoms in total. The first-order chi connectivity index (χ1) is 16.3. The molecule has 1 aliphatic rings. The van der Waals surface area contributed by atoms with Crippen LogP contribution in [0.2, 0.25) is 15.1 Å². The Balaban J connectivity index is 1.99. The molecule has 174 valence electrons. The molecule has 34 heavy (non-hydrogen) atoms. The minimum absolute atomic E-state index is 0.133. The molecule has 9 heteroatoms. The lowest BCUT2D eigenvalue weighted by atomic mass is 9.95. The largest absolute Gasteiger partial charge is 0.507 e. The zero-order valence-corrected chi connectivity index (χ0v) is 20.3. The molecule has 1 amide bonds. The molecule has 0 spiro atoms. The number of ether oxygens (including phenoxy) is 2. The third-order valence-electron chi connectivity index (χ3n) is 5.48. The van der Waals surface area contributed by atoms with Gasteiger partial charge < -0.3 is 14.6 Å². The van der Waals surface area contributed by atoms with Crippen molar-refractivity contribution in [3.05, 3.63) is 92.4 Å². The Morgan fingerprint density at radius 2 is 1.56 bits per heavy atom. The number of carbonyl (C=O) groups is 2. The van der Waals surface area contributed by atoms with Gasteiger partial charge >= 0.3 is 0 Å². The van der Waals surface area contributed by atoms with Gasteiger partial charge in [-0.15, -0.1) is 0 Å². The standard InChI is InChI=1S/C25H18Cl3NO5/c1-33-19-10-8-14(12-20(19)34-2)29-22(13-7-9-17(27)18(28)11-13)21(24(31)25(29)32)23(30)15-5-3-4-6-16(15)26/h3-12,22,30H,1-2H3. The minimum atomic E-state index is -1.01. The van der Waals surface area contributed by atoms with Crippen LogP contribution >= 0.6 is 34.8 Å². The average Bonchev–Trinajstić information content (AvgIpc) is 3.10. The van der Waals surface area contributed by atoms with Crippen LogP contribution in [0.5, 0.6) is 11.5 Å². The summed E-state index contributed by atoms with van der Waals surface area (Å²) in [6.07, 6.45) is 0. The number of amides is 1. The highest BCUT2D eigenvalue weighted by atomic mass is 35.5. The summed E-state index contributed by atoms with van der Waals surface area (Å²) in [6, 6.07) is 15.0. The highest BCUT2D eigenvalue weighted by Gasteiger charge is 2.47. The van der Waals surface area contributed by atoms with Crippen molar-refractivity contribution in [1.29, 1.82) is 0 Å². The fraction of sp³-hybridized carbons (Fsp3) is 0.120. The van der Waals surface area contributed by atoms with Crippen molar-refractivity contribution >= 4 is 57.9 Å². The molecule has 0 saturated carbocycles. The molecule has 4 rings (SSSR count). The lowest BCUT2D eigenvalue weighted by molar-refractivity contribution is -0.132. The predicted octanol–water partition coefficient (Wildman–Crippen LogP) is 6.29. The van der Waals surface area contributed by atoms with Crippen molar-refractivity contribution in [3.8, 4) is 11.5 Å². The molecule has 3 aromatic carbocycles. The Labute approximate surface area is 210 Å². The van der Waals surface area contributed by atoms with Gasteiger partial charge in [-0.05, 0) is 42.0 Å². The summed E-state index contributed by atoms with van der Waals surface area (Å²) < 4.78 is 10.6. The van der Waals surface area contributed by atoms with Gasteiger partial charge in [-0.3, -0.25) is 14.5 Å². The maximum absolute atomic E-state index is 13.3. The number of aliphatic hydroxyl groups is 1. The number of Topliss-reactive ketones (excluding diaryl/α,β-unsaturated/α-hetero) is 1. The molecular formula is C25H18Cl3NO5. The second kappa shape index (κ2) is 9.58. The zero-order valence-electron chi connectivity index (χ0n) is 18.0. The van der Waals surface area contributed by atoms with Crippen molar-refractivity contribution in [2.24, 2.45) is 0 Å². The van der Waals surface area contributed by atoms with Crippen molar-refractivity contribution in [2.45, 2.75) is 6.04 Å². The third kappa shape index (κ3) is 4.09. The molecular weight excluding hydrogens is 501 g/mol. The number of hydrogen-bond donors (Lipinski definition) is 1. The van der Waals surface area contributed by atoms with E-state index in [0.717, 1.165) is 0 Å². The Hall–Kier alpha value is -3.19. The summed E-state index contributed by atoms with van der Waals surface area (Å²) in [7, 11) is 2.95. The van der Waals surface area contributed by atoms with E-state index in [-0.39, 0.29) is 21.2 Å².